The molecule has 0 radical (unpaired) electrons. The fourth-order valence-electron chi connectivity index (χ4n) is 3.38. The monoisotopic (exact) mass is 430 g/mol. The molecule has 3 aromatic rings. The van der Waals surface area contributed by atoms with Crippen molar-refractivity contribution in [3.8, 4) is 5.69 Å². The number of tetrazole rings is 1. The highest BCUT2D eigenvalue weighted by Gasteiger charge is 2.33. The Balaban J connectivity index is 1.46. The molecule has 0 aliphatic carbocycles. The molecule has 4 rings (SSSR count). The van der Waals surface area contributed by atoms with Crippen LogP contribution in [0.1, 0.15) is 12.8 Å². The minimum Gasteiger partial charge on any atom is -0.326 e. The van der Waals surface area contributed by atoms with E-state index in [0.717, 1.165) is 12.1 Å². The third-order valence-electron chi connectivity index (χ3n) is 4.93. The van der Waals surface area contributed by atoms with Gasteiger partial charge in [0.2, 0.25) is 15.9 Å². The summed E-state index contributed by atoms with van der Waals surface area (Å²) in [6.07, 6.45) is 2.58. The number of sulfonamides is 1. The standard InChI is InChI=1S/C19H19FN6O3S/c20-15-6-8-18(9-7-15)30(28,29)25-10-2-3-14(12-25)19(27)22-16-4-1-5-17(11-16)26-13-21-23-24-26/h1,4-9,11,13-14H,2-3,10,12H2,(H,22,27). The highest BCUT2D eigenvalue weighted by molar-refractivity contribution is 7.89. The van der Waals surface area contributed by atoms with Crippen LogP contribution < -0.4 is 5.32 Å². The molecule has 1 aliphatic rings. The molecule has 1 amide bonds. The molecule has 11 heteroatoms. The van der Waals surface area contributed by atoms with Crippen LogP contribution in [0.15, 0.2) is 59.8 Å². The van der Waals surface area contributed by atoms with Gasteiger partial charge in [-0.05, 0) is 65.7 Å². The van der Waals surface area contributed by atoms with E-state index in [9.17, 15) is 17.6 Å². The van der Waals surface area contributed by atoms with Gasteiger partial charge in [0.25, 0.3) is 0 Å². The average molecular weight is 430 g/mol. The molecule has 30 heavy (non-hydrogen) atoms. The molecule has 2 heterocycles. The highest BCUT2D eigenvalue weighted by atomic mass is 32.2. The number of rotatable bonds is 5. The van der Waals surface area contributed by atoms with Gasteiger partial charge in [0.1, 0.15) is 12.1 Å². The topological polar surface area (TPSA) is 110 Å². The SMILES string of the molecule is O=C(Nc1cccc(-n2cnnn2)c1)C1CCCN(S(=O)(=O)c2ccc(F)cc2)C1. The van der Waals surface area contributed by atoms with Gasteiger partial charge in [-0.15, -0.1) is 5.10 Å². The van der Waals surface area contributed by atoms with Crippen LogP contribution in [0, 0.1) is 11.7 Å². The molecular formula is C19H19FN6O3S. The smallest absolute Gasteiger partial charge is 0.243 e. The zero-order valence-electron chi connectivity index (χ0n) is 15.8. The maximum atomic E-state index is 13.1. The Morgan fingerprint density at radius 1 is 1.17 bits per heavy atom. The van der Waals surface area contributed by atoms with E-state index in [4.69, 9.17) is 0 Å². The van der Waals surface area contributed by atoms with E-state index >= 15 is 0 Å². The van der Waals surface area contributed by atoms with E-state index in [2.05, 4.69) is 20.8 Å². The second kappa shape index (κ2) is 8.28. The van der Waals surface area contributed by atoms with Gasteiger partial charge in [-0.25, -0.2) is 17.5 Å². The summed E-state index contributed by atoms with van der Waals surface area (Å²) in [7, 11) is -3.79. The number of nitrogens with zero attached hydrogens (tertiary/aromatic N) is 5. The number of amides is 1. The van der Waals surface area contributed by atoms with E-state index in [1.165, 1.54) is 27.4 Å². The van der Waals surface area contributed by atoms with E-state index in [1.54, 1.807) is 24.3 Å². The predicted octanol–water partition coefficient (Wildman–Crippen LogP) is 1.84. The first-order valence-corrected chi connectivity index (χ1v) is 10.8. The number of hydrogen-bond acceptors (Lipinski definition) is 6. The predicted molar refractivity (Wildman–Crippen MR) is 106 cm³/mol. The summed E-state index contributed by atoms with van der Waals surface area (Å²) in [6, 6.07) is 11.7. The molecule has 0 bridgehead atoms. The molecule has 2 aromatic carbocycles. The Bertz CT molecular complexity index is 1140. The van der Waals surface area contributed by atoms with Crippen LogP contribution in [-0.2, 0) is 14.8 Å². The van der Waals surface area contributed by atoms with Gasteiger partial charge in [-0.2, -0.15) is 4.31 Å². The molecule has 1 N–H and O–H groups in total. The molecule has 1 aliphatic heterocycles. The zero-order chi connectivity index (χ0) is 21.1. The number of aromatic nitrogens is 4. The Kier molecular flexibility index (Phi) is 5.55. The van der Waals surface area contributed by atoms with Crippen LogP contribution >= 0.6 is 0 Å². The van der Waals surface area contributed by atoms with E-state index in [-0.39, 0.29) is 17.3 Å². The number of anilines is 1. The van der Waals surface area contributed by atoms with Gasteiger partial charge in [0.05, 0.1) is 16.5 Å². The molecule has 156 valence electrons. The zero-order valence-corrected chi connectivity index (χ0v) is 16.7. The Hall–Kier alpha value is -3.18. The summed E-state index contributed by atoms with van der Waals surface area (Å²) in [4.78, 5) is 12.8. The lowest BCUT2D eigenvalue weighted by Crippen LogP contribution is -2.43. The van der Waals surface area contributed by atoms with Crippen LogP contribution in [0.2, 0.25) is 0 Å². The highest BCUT2D eigenvalue weighted by Crippen LogP contribution is 2.25. The first-order valence-electron chi connectivity index (χ1n) is 9.33. The second-order valence-corrected chi connectivity index (χ2v) is 8.89. The van der Waals surface area contributed by atoms with Crippen molar-refractivity contribution in [3.05, 3.63) is 60.7 Å². The van der Waals surface area contributed by atoms with Gasteiger partial charge >= 0.3 is 0 Å². The number of nitrogens with one attached hydrogen (secondary N) is 1. The lowest BCUT2D eigenvalue weighted by Gasteiger charge is -2.31. The lowest BCUT2D eigenvalue weighted by molar-refractivity contribution is -0.120. The van der Waals surface area contributed by atoms with Crippen molar-refractivity contribution in [1.29, 1.82) is 0 Å². The third-order valence-corrected chi connectivity index (χ3v) is 6.81. The largest absolute Gasteiger partial charge is 0.326 e. The number of carbonyl (C=O) groups excluding carboxylic acids is 1. The lowest BCUT2D eigenvalue weighted by atomic mass is 9.98. The van der Waals surface area contributed by atoms with E-state index < -0.39 is 21.8 Å². The van der Waals surface area contributed by atoms with E-state index in [0.29, 0.717) is 30.8 Å². The molecule has 1 atom stereocenters. The fraction of sp³-hybridized carbons (Fsp3) is 0.263. The van der Waals surface area contributed by atoms with Gasteiger partial charge < -0.3 is 5.32 Å². The number of benzene rings is 2. The molecule has 1 saturated heterocycles. The summed E-state index contributed by atoms with van der Waals surface area (Å²) in [5.41, 5.74) is 1.24. The van der Waals surface area contributed by atoms with Crippen molar-refractivity contribution in [2.75, 3.05) is 18.4 Å². The molecule has 0 saturated carbocycles. The summed E-state index contributed by atoms with van der Waals surface area (Å²) >= 11 is 0. The summed E-state index contributed by atoms with van der Waals surface area (Å²) in [5.74, 6) is -1.26. The average Bonchev–Trinajstić information content (AvgIpc) is 3.29. The van der Waals surface area contributed by atoms with Gasteiger partial charge in [-0.3, -0.25) is 4.79 Å². The first kappa shape index (κ1) is 20.1. The van der Waals surface area contributed by atoms with Gasteiger partial charge in [0, 0.05) is 18.8 Å². The van der Waals surface area contributed by atoms with Crippen LogP contribution in [0.25, 0.3) is 5.69 Å². The van der Waals surface area contributed by atoms with Gasteiger partial charge in [-0.1, -0.05) is 6.07 Å². The fourth-order valence-corrected chi connectivity index (χ4v) is 4.90. The van der Waals surface area contributed by atoms with Crippen LogP contribution in [0.3, 0.4) is 0 Å². The Morgan fingerprint density at radius 3 is 2.70 bits per heavy atom. The van der Waals surface area contributed by atoms with Crippen molar-refractivity contribution in [3.63, 3.8) is 0 Å². The summed E-state index contributed by atoms with van der Waals surface area (Å²) in [6.45, 7) is 0.385. The summed E-state index contributed by atoms with van der Waals surface area (Å²) in [5, 5.41) is 13.8. The normalized spacial score (nSPS) is 17.6. The van der Waals surface area contributed by atoms with Crippen LogP contribution in [0.4, 0.5) is 10.1 Å². The van der Waals surface area contributed by atoms with Crippen molar-refractivity contribution < 1.29 is 17.6 Å². The van der Waals surface area contributed by atoms with Crippen molar-refractivity contribution in [2.24, 2.45) is 5.92 Å². The van der Waals surface area contributed by atoms with E-state index in [1.807, 2.05) is 0 Å². The maximum absolute atomic E-state index is 13.1. The molecule has 0 spiro atoms. The third kappa shape index (κ3) is 4.21. The first-order chi connectivity index (χ1) is 14.4. The maximum Gasteiger partial charge on any atom is 0.243 e. The molecule has 9 nitrogen and oxygen atoms in total. The molecule has 1 aromatic heterocycles. The number of piperidine rings is 1. The molecular weight excluding hydrogens is 411 g/mol. The minimum absolute atomic E-state index is 0.0131. The summed E-state index contributed by atoms with van der Waals surface area (Å²) < 4.78 is 41.6. The number of carbonyl (C=O) groups is 1. The molecule has 1 fully saturated rings. The number of halogens is 1. The molecule has 1 unspecified atom stereocenters. The second-order valence-electron chi connectivity index (χ2n) is 6.95. The van der Waals surface area contributed by atoms with Crippen molar-refractivity contribution >= 4 is 21.6 Å². The Labute approximate surface area is 172 Å². The Morgan fingerprint density at radius 2 is 1.97 bits per heavy atom. The number of hydrogen-bond donors (Lipinski definition) is 1. The van der Waals surface area contributed by atoms with Gasteiger partial charge in [0.15, 0.2) is 0 Å². The van der Waals surface area contributed by atoms with Crippen LogP contribution in [0.5, 0.6) is 0 Å². The van der Waals surface area contributed by atoms with Crippen molar-refractivity contribution in [2.45, 2.75) is 17.7 Å². The quantitative estimate of drug-likeness (QED) is 0.661. The van der Waals surface area contributed by atoms with Crippen LogP contribution in [-0.4, -0.2) is 51.9 Å². The minimum atomic E-state index is -3.79. The van der Waals surface area contributed by atoms with Crippen molar-refractivity contribution in [1.82, 2.24) is 24.5 Å².